The normalized spacial score (nSPS) is 24.8. The molecule has 1 aliphatic rings. The van der Waals surface area contributed by atoms with Crippen LogP contribution in [-0.2, 0) is 9.59 Å². The van der Waals surface area contributed by atoms with Crippen molar-refractivity contribution in [3.8, 4) is 0 Å². The van der Waals surface area contributed by atoms with Gasteiger partial charge in [-0.3, -0.25) is 9.59 Å². The van der Waals surface area contributed by atoms with Crippen LogP contribution >= 0.6 is 0 Å². The van der Waals surface area contributed by atoms with Gasteiger partial charge >= 0.3 is 0 Å². The highest BCUT2D eigenvalue weighted by atomic mass is 16.3. The van der Waals surface area contributed by atoms with Crippen molar-refractivity contribution in [2.24, 2.45) is 0 Å². The predicted molar refractivity (Wildman–Crippen MR) is 75.1 cm³/mol. The summed E-state index contributed by atoms with van der Waals surface area (Å²) in [5, 5.41) is 2.79. The summed E-state index contributed by atoms with van der Waals surface area (Å²) in [6, 6.07) is 1.76. The maximum atomic E-state index is 12.6. The Kier molecular flexibility index (Phi) is 3.63. The number of hydrogen-bond acceptors (Lipinski definition) is 3. The number of carbonyl (C=O) groups is 2. The van der Waals surface area contributed by atoms with E-state index in [2.05, 4.69) is 5.32 Å². The van der Waals surface area contributed by atoms with Gasteiger partial charge in [0.25, 0.3) is 0 Å². The molecule has 2 amide bonds. The molecule has 0 bridgehead atoms. The fraction of sp³-hybridized carbons (Fsp3) is 0.600. The summed E-state index contributed by atoms with van der Waals surface area (Å²) in [4.78, 5) is 26.2. The number of hydrogen-bond donors (Lipinski definition) is 1. The molecule has 0 spiro atoms. The molecule has 0 radical (unpaired) electrons. The largest absolute Gasteiger partial charge is 0.466 e. The van der Waals surface area contributed by atoms with E-state index in [1.165, 1.54) is 0 Å². The van der Waals surface area contributed by atoms with Crippen molar-refractivity contribution >= 4 is 11.8 Å². The van der Waals surface area contributed by atoms with Gasteiger partial charge in [0.1, 0.15) is 23.6 Å². The van der Waals surface area contributed by atoms with Gasteiger partial charge in [-0.15, -0.1) is 0 Å². The Balaban J connectivity index is 2.33. The zero-order valence-electron chi connectivity index (χ0n) is 12.7. The lowest BCUT2D eigenvalue weighted by Gasteiger charge is -2.42. The fourth-order valence-electron chi connectivity index (χ4n) is 2.73. The minimum absolute atomic E-state index is 0.0367. The lowest BCUT2D eigenvalue weighted by Crippen LogP contribution is -2.65. The first-order chi connectivity index (χ1) is 9.28. The van der Waals surface area contributed by atoms with Gasteiger partial charge in [-0.05, 0) is 40.2 Å². The van der Waals surface area contributed by atoms with Crippen LogP contribution in [0.3, 0.4) is 0 Å². The number of rotatable bonds is 3. The van der Waals surface area contributed by atoms with Crippen molar-refractivity contribution in [3.05, 3.63) is 23.2 Å². The number of carbonyl (C=O) groups excluding carboxylic acids is 2. The van der Waals surface area contributed by atoms with Crippen molar-refractivity contribution in [3.63, 3.8) is 0 Å². The molecule has 1 N–H and O–H groups in total. The Morgan fingerprint density at radius 2 is 2.10 bits per heavy atom. The first-order valence-corrected chi connectivity index (χ1v) is 6.97. The molecule has 20 heavy (non-hydrogen) atoms. The van der Waals surface area contributed by atoms with Crippen LogP contribution in [0.1, 0.15) is 50.3 Å². The SMILES string of the molecule is CCC1(C)NC(=O)CN(C(C)c2cc(C)oc2C)C1=O. The molecule has 1 aromatic heterocycles. The van der Waals surface area contributed by atoms with Crippen LogP contribution in [0.4, 0.5) is 0 Å². The Morgan fingerprint density at radius 3 is 2.60 bits per heavy atom. The van der Waals surface area contributed by atoms with Crippen molar-refractivity contribution in [2.75, 3.05) is 6.54 Å². The highest BCUT2D eigenvalue weighted by Gasteiger charge is 2.43. The monoisotopic (exact) mass is 278 g/mol. The summed E-state index contributed by atoms with van der Waals surface area (Å²) in [5.41, 5.74) is 0.153. The molecule has 1 fully saturated rings. The van der Waals surface area contributed by atoms with Crippen LogP contribution in [0.15, 0.2) is 10.5 Å². The molecular formula is C15H22N2O3. The number of nitrogens with zero attached hydrogens (tertiary/aromatic N) is 1. The average molecular weight is 278 g/mol. The van der Waals surface area contributed by atoms with E-state index in [4.69, 9.17) is 4.42 Å². The molecule has 2 unspecified atom stereocenters. The predicted octanol–water partition coefficient (Wildman–Crippen LogP) is 2.08. The molecule has 1 aliphatic heterocycles. The van der Waals surface area contributed by atoms with E-state index in [1.807, 2.05) is 33.8 Å². The summed E-state index contributed by atoms with van der Waals surface area (Å²) in [7, 11) is 0. The van der Waals surface area contributed by atoms with E-state index >= 15 is 0 Å². The molecule has 110 valence electrons. The van der Waals surface area contributed by atoms with Gasteiger partial charge in [0, 0.05) is 5.56 Å². The second-order valence-electron chi connectivity index (χ2n) is 5.71. The third-order valence-corrected chi connectivity index (χ3v) is 4.17. The third kappa shape index (κ3) is 2.32. The van der Waals surface area contributed by atoms with Gasteiger partial charge in [-0.1, -0.05) is 6.92 Å². The first kappa shape index (κ1) is 14.6. The third-order valence-electron chi connectivity index (χ3n) is 4.17. The van der Waals surface area contributed by atoms with Crippen LogP contribution in [0.2, 0.25) is 0 Å². The number of aryl methyl sites for hydroxylation is 2. The van der Waals surface area contributed by atoms with Crippen LogP contribution in [0.25, 0.3) is 0 Å². The quantitative estimate of drug-likeness (QED) is 0.920. The summed E-state index contributed by atoms with van der Waals surface area (Å²) in [6.07, 6.45) is 0.574. The van der Waals surface area contributed by atoms with E-state index in [9.17, 15) is 9.59 Å². The Morgan fingerprint density at radius 1 is 1.45 bits per heavy atom. The Labute approximate surface area is 119 Å². The highest BCUT2D eigenvalue weighted by molar-refractivity contribution is 5.97. The molecule has 5 heteroatoms. The number of piperazine rings is 1. The molecule has 1 aromatic rings. The molecule has 2 rings (SSSR count). The van der Waals surface area contributed by atoms with E-state index < -0.39 is 5.54 Å². The van der Waals surface area contributed by atoms with Gasteiger partial charge in [0.2, 0.25) is 11.8 Å². The van der Waals surface area contributed by atoms with E-state index in [1.54, 1.807) is 11.8 Å². The minimum atomic E-state index is -0.809. The van der Waals surface area contributed by atoms with Gasteiger partial charge in [-0.2, -0.15) is 0 Å². The number of furan rings is 1. The van der Waals surface area contributed by atoms with Crippen molar-refractivity contribution in [2.45, 2.75) is 52.6 Å². The number of amides is 2. The lowest BCUT2D eigenvalue weighted by atomic mass is 9.92. The van der Waals surface area contributed by atoms with Gasteiger partial charge < -0.3 is 14.6 Å². The van der Waals surface area contributed by atoms with Crippen molar-refractivity contribution < 1.29 is 14.0 Å². The highest BCUT2D eigenvalue weighted by Crippen LogP contribution is 2.30. The molecule has 0 saturated carbocycles. The minimum Gasteiger partial charge on any atom is -0.466 e. The van der Waals surface area contributed by atoms with Gasteiger partial charge in [-0.25, -0.2) is 0 Å². The molecule has 2 heterocycles. The second kappa shape index (κ2) is 4.96. The summed E-state index contributed by atoms with van der Waals surface area (Å²) < 4.78 is 5.53. The van der Waals surface area contributed by atoms with Crippen LogP contribution in [0, 0.1) is 13.8 Å². The summed E-state index contributed by atoms with van der Waals surface area (Å²) in [6.45, 7) is 9.47. The maximum Gasteiger partial charge on any atom is 0.249 e. The van der Waals surface area contributed by atoms with E-state index in [0.717, 1.165) is 17.1 Å². The standard InChI is InChI=1S/C15H22N2O3/c1-6-15(5)14(19)17(8-13(18)16-15)10(3)12-7-9(2)20-11(12)4/h7,10H,6,8H2,1-5H3,(H,16,18). The van der Waals surface area contributed by atoms with Crippen molar-refractivity contribution in [1.82, 2.24) is 10.2 Å². The molecule has 0 aromatic carbocycles. The molecular weight excluding hydrogens is 256 g/mol. The lowest BCUT2D eigenvalue weighted by molar-refractivity contribution is -0.151. The van der Waals surface area contributed by atoms with E-state index in [0.29, 0.717) is 6.42 Å². The zero-order valence-corrected chi connectivity index (χ0v) is 12.7. The van der Waals surface area contributed by atoms with E-state index in [-0.39, 0.29) is 24.4 Å². The maximum absolute atomic E-state index is 12.6. The smallest absolute Gasteiger partial charge is 0.249 e. The fourth-order valence-corrected chi connectivity index (χ4v) is 2.73. The van der Waals surface area contributed by atoms with Crippen LogP contribution in [-0.4, -0.2) is 28.8 Å². The van der Waals surface area contributed by atoms with Gasteiger partial charge in [0.05, 0.1) is 6.04 Å². The first-order valence-electron chi connectivity index (χ1n) is 6.97. The number of nitrogens with one attached hydrogen (secondary N) is 1. The molecule has 2 atom stereocenters. The topological polar surface area (TPSA) is 62.6 Å². The zero-order chi connectivity index (χ0) is 15.1. The van der Waals surface area contributed by atoms with Crippen LogP contribution < -0.4 is 5.32 Å². The van der Waals surface area contributed by atoms with Crippen molar-refractivity contribution in [1.29, 1.82) is 0 Å². The van der Waals surface area contributed by atoms with Gasteiger partial charge in [0.15, 0.2) is 0 Å². The molecule has 1 saturated heterocycles. The average Bonchev–Trinajstić information content (AvgIpc) is 2.72. The Hall–Kier alpha value is -1.78. The molecule has 0 aliphatic carbocycles. The van der Waals surface area contributed by atoms with Crippen LogP contribution in [0.5, 0.6) is 0 Å². The Bertz CT molecular complexity index is 549. The second-order valence-corrected chi connectivity index (χ2v) is 5.71. The molecule has 5 nitrogen and oxygen atoms in total. The summed E-state index contributed by atoms with van der Waals surface area (Å²) in [5.74, 6) is 1.47. The summed E-state index contributed by atoms with van der Waals surface area (Å²) >= 11 is 0.